The van der Waals surface area contributed by atoms with Gasteiger partial charge in [0.05, 0.1) is 4.90 Å². The number of primary sulfonamides is 1. The minimum Gasteiger partial charge on any atom is -0.379 e. The van der Waals surface area contributed by atoms with E-state index in [9.17, 15) is 8.42 Å². The minimum absolute atomic E-state index is 0.108. The first-order valence-electron chi connectivity index (χ1n) is 6.27. The largest absolute Gasteiger partial charge is 0.379 e. The number of hydrogen-bond acceptors (Lipinski definition) is 4. The summed E-state index contributed by atoms with van der Waals surface area (Å²) < 4.78 is 22.3. The van der Waals surface area contributed by atoms with Crippen LogP contribution in [-0.4, -0.2) is 20.5 Å². The van der Waals surface area contributed by atoms with Crippen molar-refractivity contribution in [1.29, 1.82) is 0 Å². The Kier molecular flexibility index (Phi) is 4.95. The highest BCUT2D eigenvalue weighted by molar-refractivity contribution is 7.89. The first-order chi connectivity index (χ1) is 8.66. The normalized spacial score (nSPS) is 15.3. The molecule has 1 rings (SSSR count). The zero-order valence-electron chi connectivity index (χ0n) is 11.7. The van der Waals surface area contributed by atoms with Crippen LogP contribution in [0, 0.1) is 5.92 Å². The molecule has 6 heteroatoms. The van der Waals surface area contributed by atoms with E-state index in [-0.39, 0.29) is 10.4 Å². The van der Waals surface area contributed by atoms with Gasteiger partial charge in [-0.25, -0.2) is 13.6 Å². The average molecular weight is 285 g/mol. The van der Waals surface area contributed by atoms with E-state index in [0.717, 1.165) is 12.1 Å². The lowest BCUT2D eigenvalue weighted by Crippen LogP contribution is -2.43. The highest BCUT2D eigenvalue weighted by atomic mass is 32.2. The molecule has 1 aromatic rings. The molecule has 0 fully saturated rings. The van der Waals surface area contributed by atoms with Crippen molar-refractivity contribution in [3.8, 4) is 0 Å². The second-order valence-corrected chi connectivity index (χ2v) is 7.12. The molecule has 0 saturated heterocycles. The van der Waals surface area contributed by atoms with E-state index < -0.39 is 10.0 Å². The van der Waals surface area contributed by atoms with Gasteiger partial charge < -0.3 is 11.1 Å². The molecule has 0 aliphatic heterocycles. The van der Waals surface area contributed by atoms with Crippen molar-refractivity contribution in [2.24, 2.45) is 16.8 Å². The number of hydrogen-bond donors (Lipinski definition) is 3. The standard InChI is InChI=1S/C13H23N3O2S/c1-10(2)8-13(3,9-14)16-11-4-6-12(7-5-11)19(15,17)18/h4-7,10,16H,8-9,14H2,1-3H3,(H2,15,17,18). The number of sulfonamides is 1. The van der Waals surface area contributed by atoms with Gasteiger partial charge in [-0.2, -0.15) is 0 Å². The Hall–Kier alpha value is -1.11. The van der Waals surface area contributed by atoms with Gasteiger partial charge in [0.25, 0.3) is 0 Å². The molecular formula is C13H23N3O2S. The van der Waals surface area contributed by atoms with Crippen LogP contribution in [0.5, 0.6) is 0 Å². The Labute approximate surface area is 115 Å². The summed E-state index contributed by atoms with van der Waals surface area (Å²) in [6, 6.07) is 6.38. The topological polar surface area (TPSA) is 98.2 Å². The second-order valence-electron chi connectivity index (χ2n) is 5.56. The summed E-state index contributed by atoms with van der Waals surface area (Å²) in [5.41, 5.74) is 6.45. The summed E-state index contributed by atoms with van der Waals surface area (Å²) in [7, 11) is -3.64. The molecule has 0 bridgehead atoms. The number of nitrogens with one attached hydrogen (secondary N) is 1. The second kappa shape index (κ2) is 5.90. The third-order valence-electron chi connectivity index (χ3n) is 2.94. The Morgan fingerprint density at radius 3 is 2.16 bits per heavy atom. The summed E-state index contributed by atoms with van der Waals surface area (Å²) in [6.45, 7) is 6.84. The Morgan fingerprint density at radius 2 is 1.79 bits per heavy atom. The van der Waals surface area contributed by atoms with E-state index in [1.165, 1.54) is 12.1 Å². The van der Waals surface area contributed by atoms with Crippen molar-refractivity contribution < 1.29 is 8.42 Å². The van der Waals surface area contributed by atoms with Crippen LogP contribution >= 0.6 is 0 Å². The Bertz CT molecular complexity index is 511. The Morgan fingerprint density at radius 1 is 1.26 bits per heavy atom. The van der Waals surface area contributed by atoms with Crippen molar-refractivity contribution >= 4 is 15.7 Å². The molecule has 0 saturated carbocycles. The summed E-state index contributed by atoms with van der Waals surface area (Å²) in [6.07, 6.45) is 0.931. The van der Waals surface area contributed by atoms with Gasteiger partial charge in [-0.1, -0.05) is 13.8 Å². The van der Waals surface area contributed by atoms with Crippen LogP contribution in [0.25, 0.3) is 0 Å². The van der Waals surface area contributed by atoms with Gasteiger partial charge in [-0.05, 0) is 43.5 Å². The predicted molar refractivity (Wildman–Crippen MR) is 78.4 cm³/mol. The van der Waals surface area contributed by atoms with E-state index in [0.29, 0.717) is 12.5 Å². The lowest BCUT2D eigenvalue weighted by molar-refractivity contribution is 0.407. The molecule has 5 nitrogen and oxygen atoms in total. The molecule has 5 N–H and O–H groups in total. The quantitative estimate of drug-likeness (QED) is 0.738. The number of anilines is 1. The molecule has 0 aliphatic carbocycles. The van der Waals surface area contributed by atoms with E-state index >= 15 is 0 Å². The third-order valence-corrected chi connectivity index (χ3v) is 3.87. The van der Waals surface area contributed by atoms with Gasteiger partial charge in [0.2, 0.25) is 10.0 Å². The van der Waals surface area contributed by atoms with Crippen molar-refractivity contribution in [2.75, 3.05) is 11.9 Å². The Balaban J connectivity index is 2.87. The van der Waals surface area contributed by atoms with Gasteiger partial charge in [0.15, 0.2) is 0 Å². The van der Waals surface area contributed by atoms with Crippen molar-refractivity contribution in [3.63, 3.8) is 0 Å². The maximum atomic E-state index is 11.2. The molecule has 0 heterocycles. The van der Waals surface area contributed by atoms with Crippen LogP contribution in [0.4, 0.5) is 5.69 Å². The van der Waals surface area contributed by atoms with Crippen LogP contribution in [0.2, 0.25) is 0 Å². The molecule has 0 spiro atoms. The minimum atomic E-state index is -3.64. The summed E-state index contributed by atoms with van der Waals surface area (Å²) >= 11 is 0. The van der Waals surface area contributed by atoms with Crippen molar-refractivity contribution in [2.45, 2.75) is 37.6 Å². The number of benzene rings is 1. The molecule has 108 valence electrons. The molecule has 1 unspecified atom stereocenters. The summed E-state index contributed by atoms with van der Waals surface area (Å²) in [4.78, 5) is 0.108. The number of rotatable bonds is 6. The molecule has 19 heavy (non-hydrogen) atoms. The summed E-state index contributed by atoms with van der Waals surface area (Å²) in [5, 5.41) is 8.41. The molecule has 0 aliphatic rings. The molecule has 0 aromatic heterocycles. The third kappa shape index (κ3) is 4.81. The van der Waals surface area contributed by atoms with E-state index in [4.69, 9.17) is 10.9 Å². The van der Waals surface area contributed by atoms with Crippen molar-refractivity contribution in [1.82, 2.24) is 0 Å². The first-order valence-corrected chi connectivity index (χ1v) is 7.82. The van der Waals surface area contributed by atoms with Crippen molar-refractivity contribution in [3.05, 3.63) is 24.3 Å². The van der Waals surface area contributed by atoms with Gasteiger partial charge in [-0.3, -0.25) is 0 Å². The van der Waals surface area contributed by atoms with E-state index in [1.54, 1.807) is 12.1 Å². The molecule has 0 radical (unpaired) electrons. The van der Waals surface area contributed by atoms with Gasteiger partial charge >= 0.3 is 0 Å². The number of nitrogens with two attached hydrogens (primary N) is 2. The lowest BCUT2D eigenvalue weighted by Gasteiger charge is -2.32. The zero-order valence-corrected chi connectivity index (χ0v) is 12.5. The van der Waals surface area contributed by atoms with Crippen LogP contribution < -0.4 is 16.2 Å². The van der Waals surface area contributed by atoms with Gasteiger partial charge in [0.1, 0.15) is 0 Å². The highest BCUT2D eigenvalue weighted by Crippen LogP contribution is 2.22. The van der Waals surface area contributed by atoms with Crippen LogP contribution in [-0.2, 0) is 10.0 Å². The highest BCUT2D eigenvalue weighted by Gasteiger charge is 2.23. The lowest BCUT2D eigenvalue weighted by atomic mass is 9.90. The smallest absolute Gasteiger partial charge is 0.238 e. The van der Waals surface area contributed by atoms with Gasteiger partial charge in [0, 0.05) is 17.8 Å². The molecule has 1 aromatic carbocycles. The first kappa shape index (κ1) is 15.9. The molecule has 1 atom stereocenters. The van der Waals surface area contributed by atoms with Crippen LogP contribution in [0.1, 0.15) is 27.2 Å². The predicted octanol–water partition coefficient (Wildman–Crippen LogP) is 1.51. The fourth-order valence-corrected chi connectivity index (χ4v) is 2.68. The fraction of sp³-hybridized carbons (Fsp3) is 0.538. The van der Waals surface area contributed by atoms with Gasteiger partial charge in [-0.15, -0.1) is 0 Å². The van der Waals surface area contributed by atoms with E-state index in [1.807, 2.05) is 0 Å². The van der Waals surface area contributed by atoms with Crippen LogP contribution in [0.15, 0.2) is 29.2 Å². The summed E-state index contributed by atoms with van der Waals surface area (Å²) in [5.74, 6) is 0.518. The zero-order chi connectivity index (χ0) is 14.7. The molecule has 0 amide bonds. The maximum Gasteiger partial charge on any atom is 0.238 e. The maximum absolute atomic E-state index is 11.2. The molecular weight excluding hydrogens is 262 g/mol. The fourth-order valence-electron chi connectivity index (χ4n) is 2.16. The van der Waals surface area contributed by atoms with E-state index in [2.05, 4.69) is 26.1 Å². The van der Waals surface area contributed by atoms with Crippen LogP contribution in [0.3, 0.4) is 0 Å². The SMILES string of the molecule is CC(C)CC(C)(CN)Nc1ccc(S(N)(=O)=O)cc1. The average Bonchev–Trinajstić information content (AvgIpc) is 2.27. The monoisotopic (exact) mass is 285 g/mol.